The molecule has 90 valence electrons. The Kier molecular flexibility index (Phi) is 3.96. The second kappa shape index (κ2) is 5.46. The Morgan fingerprint density at radius 2 is 2.44 bits per heavy atom. The van der Waals surface area contributed by atoms with Gasteiger partial charge in [0.2, 0.25) is 0 Å². The molecule has 0 bridgehead atoms. The predicted molar refractivity (Wildman–Crippen MR) is 63.1 cm³/mol. The van der Waals surface area contributed by atoms with Gasteiger partial charge in [0.15, 0.2) is 0 Å². The van der Waals surface area contributed by atoms with Gasteiger partial charge in [-0.2, -0.15) is 0 Å². The fraction of sp³-hybridized carbons (Fsp3) is 0.750. The van der Waals surface area contributed by atoms with E-state index in [4.69, 9.17) is 4.74 Å². The highest BCUT2D eigenvalue weighted by Gasteiger charge is 2.20. The second-order valence-corrected chi connectivity index (χ2v) is 4.75. The molecule has 1 atom stereocenters. The predicted octanol–water partition coefficient (Wildman–Crippen LogP) is 1.42. The van der Waals surface area contributed by atoms with Crippen molar-refractivity contribution >= 4 is 0 Å². The van der Waals surface area contributed by atoms with E-state index in [2.05, 4.69) is 21.8 Å². The average molecular weight is 223 g/mol. The molecular formula is C12H21N3O. The maximum Gasteiger partial charge on any atom is 0.0948 e. The van der Waals surface area contributed by atoms with Crippen molar-refractivity contribution in [1.82, 2.24) is 14.9 Å². The van der Waals surface area contributed by atoms with Crippen molar-refractivity contribution in [3.05, 3.63) is 18.2 Å². The number of ether oxygens (including phenoxy) is 1. The van der Waals surface area contributed by atoms with E-state index in [0.29, 0.717) is 5.92 Å². The van der Waals surface area contributed by atoms with Crippen LogP contribution in [0.25, 0.3) is 0 Å². The van der Waals surface area contributed by atoms with Crippen LogP contribution in [-0.2, 0) is 17.8 Å². The SMILES string of the molecule is COCC(C)Cn1cncc1CNC1CC1. The molecule has 0 spiro atoms. The van der Waals surface area contributed by atoms with Crippen LogP contribution in [0.4, 0.5) is 0 Å². The van der Waals surface area contributed by atoms with Gasteiger partial charge in [0, 0.05) is 32.4 Å². The second-order valence-electron chi connectivity index (χ2n) is 4.75. The topological polar surface area (TPSA) is 39.1 Å². The first kappa shape index (κ1) is 11.6. The first-order valence-electron chi connectivity index (χ1n) is 6.01. The monoisotopic (exact) mass is 223 g/mol. The number of nitrogens with zero attached hydrogens (tertiary/aromatic N) is 2. The Hall–Kier alpha value is -0.870. The summed E-state index contributed by atoms with van der Waals surface area (Å²) in [6.45, 7) is 4.91. The zero-order valence-corrected chi connectivity index (χ0v) is 10.1. The maximum atomic E-state index is 5.15. The summed E-state index contributed by atoms with van der Waals surface area (Å²) < 4.78 is 7.37. The Morgan fingerprint density at radius 3 is 3.12 bits per heavy atom. The largest absolute Gasteiger partial charge is 0.384 e. The lowest BCUT2D eigenvalue weighted by atomic mass is 10.2. The molecule has 1 N–H and O–H groups in total. The molecule has 1 heterocycles. The fourth-order valence-corrected chi connectivity index (χ4v) is 1.87. The van der Waals surface area contributed by atoms with Gasteiger partial charge in [-0.05, 0) is 18.8 Å². The fourth-order valence-electron chi connectivity index (χ4n) is 1.87. The maximum absolute atomic E-state index is 5.15. The lowest BCUT2D eigenvalue weighted by molar-refractivity contribution is 0.151. The van der Waals surface area contributed by atoms with Crippen LogP contribution in [0.3, 0.4) is 0 Å². The van der Waals surface area contributed by atoms with Gasteiger partial charge >= 0.3 is 0 Å². The van der Waals surface area contributed by atoms with Crippen molar-refractivity contribution in [2.75, 3.05) is 13.7 Å². The molecule has 1 unspecified atom stereocenters. The van der Waals surface area contributed by atoms with Crippen LogP contribution in [0.15, 0.2) is 12.5 Å². The summed E-state index contributed by atoms with van der Waals surface area (Å²) in [6.07, 6.45) is 6.52. The number of imidazole rings is 1. The van der Waals surface area contributed by atoms with Gasteiger partial charge in [0.25, 0.3) is 0 Å². The van der Waals surface area contributed by atoms with Crippen molar-refractivity contribution in [1.29, 1.82) is 0 Å². The van der Waals surface area contributed by atoms with Gasteiger partial charge < -0.3 is 14.6 Å². The minimum Gasteiger partial charge on any atom is -0.384 e. The minimum atomic E-state index is 0.527. The van der Waals surface area contributed by atoms with Crippen molar-refractivity contribution in [3.8, 4) is 0 Å². The summed E-state index contributed by atoms with van der Waals surface area (Å²) in [5, 5.41) is 3.51. The number of hydrogen-bond acceptors (Lipinski definition) is 3. The summed E-state index contributed by atoms with van der Waals surface area (Å²) in [7, 11) is 1.75. The van der Waals surface area contributed by atoms with Crippen LogP contribution in [0, 0.1) is 5.92 Å². The summed E-state index contributed by atoms with van der Waals surface area (Å²) >= 11 is 0. The third-order valence-electron chi connectivity index (χ3n) is 2.91. The van der Waals surface area contributed by atoms with E-state index in [1.54, 1.807) is 7.11 Å². The van der Waals surface area contributed by atoms with Crippen molar-refractivity contribution in [2.45, 2.75) is 38.9 Å². The third kappa shape index (κ3) is 3.32. The van der Waals surface area contributed by atoms with Crippen molar-refractivity contribution < 1.29 is 4.74 Å². The van der Waals surface area contributed by atoms with Crippen molar-refractivity contribution in [3.63, 3.8) is 0 Å². The molecule has 0 aliphatic heterocycles. The van der Waals surface area contributed by atoms with Crippen LogP contribution < -0.4 is 5.32 Å². The minimum absolute atomic E-state index is 0.527. The Morgan fingerprint density at radius 1 is 1.62 bits per heavy atom. The molecule has 1 saturated carbocycles. The van der Waals surface area contributed by atoms with E-state index < -0.39 is 0 Å². The zero-order chi connectivity index (χ0) is 11.4. The molecule has 0 aromatic carbocycles. The zero-order valence-electron chi connectivity index (χ0n) is 10.1. The Balaban J connectivity index is 1.84. The molecule has 16 heavy (non-hydrogen) atoms. The standard InChI is InChI=1S/C12H21N3O/c1-10(8-16-2)7-15-9-13-5-12(15)6-14-11-3-4-11/h5,9-11,14H,3-4,6-8H2,1-2H3. The highest BCUT2D eigenvalue weighted by Crippen LogP contribution is 2.19. The summed E-state index contributed by atoms with van der Waals surface area (Å²) in [4.78, 5) is 4.22. The van der Waals surface area contributed by atoms with Crippen LogP contribution in [0.5, 0.6) is 0 Å². The van der Waals surface area contributed by atoms with Gasteiger partial charge in [0.05, 0.1) is 18.6 Å². The first-order valence-corrected chi connectivity index (χ1v) is 6.01. The van der Waals surface area contributed by atoms with E-state index in [9.17, 15) is 0 Å². The number of methoxy groups -OCH3 is 1. The van der Waals surface area contributed by atoms with Crippen LogP contribution >= 0.6 is 0 Å². The number of nitrogens with one attached hydrogen (secondary N) is 1. The van der Waals surface area contributed by atoms with E-state index in [0.717, 1.165) is 25.7 Å². The summed E-state index contributed by atoms with van der Waals surface area (Å²) in [6, 6.07) is 0.750. The number of hydrogen-bond donors (Lipinski definition) is 1. The summed E-state index contributed by atoms with van der Waals surface area (Å²) in [5.74, 6) is 0.527. The molecule has 1 aliphatic rings. The molecule has 0 amide bonds. The molecule has 0 radical (unpaired) electrons. The normalized spacial score (nSPS) is 17.6. The van der Waals surface area contributed by atoms with Gasteiger partial charge in [-0.15, -0.1) is 0 Å². The van der Waals surface area contributed by atoms with Gasteiger partial charge in [0.1, 0.15) is 0 Å². The highest BCUT2D eigenvalue weighted by molar-refractivity contribution is 4.99. The molecule has 1 aromatic rings. The number of aromatic nitrogens is 2. The Labute approximate surface area is 97.0 Å². The van der Waals surface area contributed by atoms with Crippen LogP contribution in [-0.4, -0.2) is 29.3 Å². The van der Waals surface area contributed by atoms with Gasteiger partial charge in [-0.3, -0.25) is 0 Å². The molecule has 4 heteroatoms. The van der Waals surface area contributed by atoms with E-state index in [-0.39, 0.29) is 0 Å². The molecule has 0 saturated heterocycles. The smallest absolute Gasteiger partial charge is 0.0948 e. The quantitative estimate of drug-likeness (QED) is 0.760. The average Bonchev–Trinajstić information content (AvgIpc) is 2.98. The third-order valence-corrected chi connectivity index (χ3v) is 2.91. The molecule has 4 nitrogen and oxygen atoms in total. The lowest BCUT2D eigenvalue weighted by Gasteiger charge is -2.14. The molecular weight excluding hydrogens is 202 g/mol. The molecule has 1 aromatic heterocycles. The van der Waals surface area contributed by atoms with E-state index >= 15 is 0 Å². The molecule has 1 aliphatic carbocycles. The van der Waals surface area contributed by atoms with Crippen molar-refractivity contribution in [2.24, 2.45) is 5.92 Å². The summed E-state index contributed by atoms with van der Waals surface area (Å²) in [5.41, 5.74) is 1.27. The van der Waals surface area contributed by atoms with E-state index in [1.807, 2.05) is 12.5 Å². The molecule has 1 fully saturated rings. The van der Waals surface area contributed by atoms with Crippen LogP contribution in [0.2, 0.25) is 0 Å². The first-order chi connectivity index (χ1) is 7.79. The molecule has 2 rings (SSSR count). The highest BCUT2D eigenvalue weighted by atomic mass is 16.5. The van der Waals surface area contributed by atoms with Crippen LogP contribution in [0.1, 0.15) is 25.5 Å². The van der Waals surface area contributed by atoms with Gasteiger partial charge in [-0.25, -0.2) is 4.98 Å². The number of rotatable bonds is 7. The Bertz CT molecular complexity index is 320. The van der Waals surface area contributed by atoms with E-state index in [1.165, 1.54) is 18.5 Å². The van der Waals surface area contributed by atoms with Gasteiger partial charge in [-0.1, -0.05) is 6.92 Å². The lowest BCUT2D eigenvalue weighted by Crippen LogP contribution is -2.20.